The van der Waals surface area contributed by atoms with Gasteiger partial charge in [0.2, 0.25) is 0 Å². The van der Waals surface area contributed by atoms with Crippen molar-refractivity contribution in [1.82, 2.24) is 0 Å². The molecule has 0 aliphatic heterocycles. The van der Waals surface area contributed by atoms with Crippen LogP contribution in [0, 0.1) is 24.1 Å². The average molecular weight is 384 g/mol. The average Bonchev–Trinajstić information content (AvgIpc) is 2.40. The molecule has 0 fully saturated rings. The number of nitrogens with zero attached hydrogens (tertiary/aromatic N) is 1. The fourth-order valence-electron chi connectivity index (χ4n) is 1.62. The van der Waals surface area contributed by atoms with Crippen LogP contribution in [0.5, 0.6) is 0 Å². The van der Waals surface area contributed by atoms with Gasteiger partial charge in [-0.3, -0.25) is 0 Å². The Morgan fingerprint density at radius 3 is 2.58 bits per heavy atom. The van der Waals surface area contributed by atoms with E-state index in [0.717, 1.165) is 15.7 Å². The van der Waals surface area contributed by atoms with Crippen LogP contribution < -0.4 is 5.32 Å². The van der Waals surface area contributed by atoms with Crippen LogP contribution >= 0.6 is 31.9 Å². The molecule has 0 aliphatic rings. The quantitative estimate of drug-likeness (QED) is 0.766. The molecule has 0 spiro atoms. The molecule has 19 heavy (non-hydrogen) atoms. The minimum atomic E-state index is -0.474. The van der Waals surface area contributed by atoms with Gasteiger partial charge >= 0.3 is 0 Å². The number of hydrogen-bond donors (Lipinski definition) is 1. The van der Waals surface area contributed by atoms with Crippen LogP contribution in [0.15, 0.2) is 39.3 Å². The van der Waals surface area contributed by atoms with E-state index in [1.807, 2.05) is 31.2 Å². The molecule has 2 aromatic carbocycles. The van der Waals surface area contributed by atoms with Gasteiger partial charge < -0.3 is 5.32 Å². The smallest absolute Gasteiger partial charge is 0.162 e. The third-order valence-electron chi connectivity index (χ3n) is 2.74. The number of halogens is 3. The maximum absolute atomic E-state index is 14.1. The largest absolute Gasteiger partial charge is 0.353 e. The zero-order valence-electron chi connectivity index (χ0n) is 9.97. The van der Waals surface area contributed by atoms with Gasteiger partial charge in [0.25, 0.3) is 0 Å². The summed E-state index contributed by atoms with van der Waals surface area (Å²) in [6.45, 7) is 1.93. The zero-order valence-corrected chi connectivity index (χ0v) is 13.1. The summed E-state index contributed by atoms with van der Waals surface area (Å²) < 4.78 is 15.2. The van der Waals surface area contributed by atoms with E-state index in [2.05, 4.69) is 37.2 Å². The Bertz CT molecular complexity index is 678. The SMILES string of the molecule is Cc1c(Br)cccc1Nc1ccc(C#N)c(Br)c1F. The zero-order chi connectivity index (χ0) is 14.0. The Balaban J connectivity index is 2.43. The van der Waals surface area contributed by atoms with Gasteiger partial charge in [-0.05, 0) is 52.7 Å². The van der Waals surface area contributed by atoms with Crippen molar-refractivity contribution >= 4 is 43.2 Å². The maximum Gasteiger partial charge on any atom is 0.162 e. The Morgan fingerprint density at radius 2 is 1.89 bits per heavy atom. The van der Waals surface area contributed by atoms with Gasteiger partial charge in [-0.15, -0.1) is 0 Å². The summed E-state index contributed by atoms with van der Waals surface area (Å²) in [5.41, 5.74) is 2.40. The van der Waals surface area contributed by atoms with Gasteiger partial charge in [0, 0.05) is 10.2 Å². The van der Waals surface area contributed by atoms with Crippen LogP contribution in [-0.4, -0.2) is 0 Å². The van der Waals surface area contributed by atoms with E-state index in [1.54, 1.807) is 12.1 Å². The Hall–Kier alpha value is -1.38. The number of benzene rings is 2. The van der Waals surface area contributed by atoms with Gasteiger partial charge in [-0.1, -0.05) is 22.0 Å². The molecule has 2 nitrogen and oxygen atoms in total. The first kappa shape index (κ1) is 14.0. The first-order chi connectivity index (χ1) is 9.04. The highest BCUT2D eigenvalue weighted by atomic mass is 79.9. The molecule has 0 heterocycles. The molecule has 0 amide bonds. The van der Waals surface area contributed by atoms with E-state index < -0.39 is 5.82 Å². The molecule has 0 radical (unpaired) electrons. The van der Waals surface area contributed by atoms with E-state index >= 15 is 0 Å². The van der Waals surface area contributed by atoms with Gasteiger partial charge in [0.05, 0.1) is 15.7 Å². The van der Waals surface area contributed by atoms with Gasteiger partial charge in [-0.25, -0.2) is 4.39 Å². The third-order valence-corrected chi connectivity index (χ3v) is 4.37. The minimum absolute atomic E-state index is 0.174. The van der Waals surface area contributed by atoms with Crippen molar-refractivity contribution in [2.75, 3.05) is 5.32 Å². The lowest BCUT2D eigenvalue weighted by molar-refractivity contribution is 0.624. The molecule has 0 atom stereocenters. The number of hydrogen-bond acceptors (Lipinski definition) is 2. The monoisotopic (exact) mass is 382 g/mol. The molecule has 2 aromatic rings. The summed E-state index contributed by atoms with van der Waals surface area (Å²) in [6.07, 6.45) is 0. The van der Waals surface area contributed by atoms with Crippen LogP contribution in [0.25, 0.3) is 0 Å². The second-order valence-corrected chi connectivity index (χ2v) is 5.59. The van der Waals surface area contributed by atoms with Gasteiger partial charge in [0.15, 0.2) is 5.82 Å². The lowest BCUT2D eigenvalue weighted by atomic mass is 10.1. The topological polar surface area (TPSA) is 35.8 Å². The summed E-state index contributed by atoms with van der Waals surface area (Å²) in [7, 11) is 0. The highest BCUT2D eigenvalue weighted by Gasteiger charge is 2.12. The maximum atomic E-state index is 14.1. The minimum Gasteiger partial charge on any atom is -0.353 e. The molecular weight excluding hydrogens is 375 g/mol. The van der Waals surface area contributed by atoms with Crippen molar-refractivity contribution in [3.05, 3.63) is 56.2 Å². The van der Waals surface area contributed by atoms with Crippen LogP contribution in [0.2, 0.25) is 0 Å². The molecule has 5 heteroatoms. The van der Waals surface area contributed by atoms with Crippen molar-refractivity contribution in [3.63, 3.8) is 0 Å². The number of nitrogens with one attached hydrogen (secondary N) is 1. The third kappa shape index (κ3) is 2.80. The van der Waals surface area contributed by atoms with E-state index in [0.29, 0.717) is 5.69 Å². The van der Waals surface area contributed by atoms with Crippen molar-refractivity contribution in [1.29, 1.82) is 5.26 Å². The highest BCUT2D eigenvalue weighted by Crippen LogP contribution is 2.31. The molecule has 2 rings (SSSR count). The summed E-state index contributed by atoms with van der Waals surface area (Å²) in [6, 6.07) is 10.7. The molecule has 0 bridgehead atoms. The molecule has 0 unspecified atom stereocenters. The van der Waals surface area contributed by atoms with E-state index in [9.17, 15) is 4.39 Å². The number of rotatable bonds is 2. The number of anilines is 2. The molecule has 0 saturated heterocycles. The fourth-order valence-corrected chi connectivity index (χ4v) is 2.42. The Morgan fingerprint density at radius 1 is 1.16 bits per heavy atom. The van der Waals surface area contributed by atoms with Crippen molar-refractivity contribution < 1.29 is 4.39 Å². The lowest BCUT2D eigenvalue weighted by Crippen LogP contribution is -1.98. The fraction of sp³-hybridized carbons (Fsp3) is 0.0714. The van der Waals surface area contributed by atoms with Crippen molar-refractivity contribution in [2.45, 2.75) is 6.92 Å². The first-order valence-corrected chi connectivity index (χ1v) is 7.03. The number of nitriles is 1. The summed E-state index contributed by atoms with van der Waals surface area (Å²) >= 11 is 6.52. The highest BCUT2D eigenvalue weighted by molar-refractivity contribution is 9.10. The molecule has 0 aromatic heterocycles. The molecule has 0 aliphatic carbocycles. The predicted octanol–water partition coefficient (Wildman–Crippen LogP) is 5.27. The molecule has 0 saturated carbocycles. The Kier molecular flexibility index (Phi) is 4.23. The van der Waals surface area contributed by atoms with Gasteiger partial charge in [-0.2, -0.15) is 5.26 Å². The van der Waals surface area contributed by atoms with E-state index in [-0.39, 0.29) is 10.0 Å². The van der Waals surface area contributed by atoms with E-state index in [4.69, 9.17) is 5.26 Å². The van der Waals surface area contributed by atoms with Gasteiger partial charge in [0.1, 0.15) is 6.07 Å². The van der Waals surface area contributed by atoms with Crippen molar-refractivity contribution in [2.24, 2.45) is 0 Å². The van der Waals surface area contributed by atoms with E-state index in [1.165, 1.54) is 0 Å². The summed E-state index contributed by atoms with van der Waals surface area (Å²) in [5.74, 6) is -0.474. The lowest BCUT2D eigenvalue weighted by Gasteiger charge is -2.12. The second kappa shape index (κ2) is 5.72. The summed E-state index contributed by atoms with van der Waals surface area (Å²) in [4.78, 5) is 0. The van der Waals surface area contributed by atoms with Crippen LogP contribution in [0.4, 0.5) is 15.8 Å². The molecule has 1 N–H and O–H groups in total. The molecular formula is C14H9Br2FN2. The Labute approximate surface area is 127 Å². The second-order valence-electron chi connectivity index (χ2n) is 3.94. The normalized spacial score (nSPS) is 10.1. The van der Waals surface area contributed by atoms with Crippen LogP contribution in [0.3, 0.4) is 0 Å². The molecule has 96 valence electrons. The van der Waals surface area contributed by atoms with Crippen LogP contribution in [0.1, 0.15) is 11.1 Å². The summed E-state index contributed by atoms with van der Waals surface area (Å²) in [5, 5.41) is 11.9. The van der Waals surface area contributed by atoms with Crippen LogP contribution in [-0.2, 0) is 0 Å². The standard InChI is InChI=1S/C14H9Br2FN2/c1-8-10(15)3-2-4-11(8)19-12-6-5-9(7-18)13(16)14(12)17/h2-6,19H,1H3. The first-order valence-electron chi connectivity index (χ1n) is 5.45. The predicted molar refractivity (Wildman–Crippen MR) is 81.0 cm³/mol. The van der Waals surface area contributed by atoms with Crippen molar-refractivity contribution in [3.8, 4) is 6.07 Å².